The Bertz CT molecular complexity index is 156. The van der Waals surface area contributed by atoms with E-state index < -0.39 is 0 Å². The van der Waals surface area contributed by atoms with Gasteiger partial charge in [-0.1, -0.05) is 6.92 Å². The molecule has 0 atom stereocenters. The number of ether oxygens (including phenoxy) is 2. The van der Waals surface area contributed by atoms with Crippen LogP contribution in [-0.2, 0) is 9.47 Å². The molecular weight excluding hydrogens is 202 g/mol. The molecule has 0 saturated heterocycles. The molecule has 0 bridgehead atoms. The second kappa shape index (κ2) is 8.97. The maximum atomic E-state index is 5.83. The molecule has 0 aromatic heterocycles. The lowest BCUT2D eigenvalue weighted by molar-refractivity contribution is 0.0131. The van der Waals surface area contributed by atoms with Crippen LogP contribution in [0.5, 0.6) is 0 Å². The van der Waals surface area contributed by atoms with Gasteiger partial charge < -0.3 is 14.8 Å². The van der Waals surface area contributed by atoms with E-state index in [-0.39, 0.29) is 0 Å². The molecule has 1 aliphatic rings. The second-order valence-corrected chi connectivity index (χ2v) is 4.64. The van der Waals surface area contributed by atoms with Gasteiger partial charge in [0.1, 0.15) is 0 Å². The van der Waals surface area contributed by atoms with Crippen molar-refractivity contribution in [2.75, 3.05) is 26.9 Å². The van der Waals surface area contributed by atoms with E-state index in [0.717, 1.165) is 32.2 Å². The van der Waals surface area contributed by atoms with E-state index in [9.17, 15) is 0 Å². The minimum Gasteiger partial charge on any atom is -0.385 e. The van der Waals surface area contributed by atoms with Crippen molar-refractivity contribution < 1.29 is 9.47 Å². The van der Waals surface area contributed by atoms with Crippen LogP contribution in [0, 0.1) is 0 Å². The van der Waals surface area contributed by atoms with Crippen LogP contribution in [0.3, 0.4) is 0 Å². The molecule has 3 heteroatoms. The molecule has 0 spiro atoms. The van der Waals surface area contributed by atoms with Crippen molar-refractivity contribution in [3.63, 3.8) is 0 Å². The fourth-order valence-corrected chi connectivity index (χ4v) is 2.24. The number of hydrogen-bond acceptors (Lipinski definition) is 3. The van der Waals surface area contributed by atoms with Gasteiger partial charge >= 0.3 is 0 Å². The molecule has 16 heavy (non-hydrogen) atoms. The van der Waals surface area contributed by atoms with Crippen LogP contribution >= 0.6 is 0 Å². The van der Waals surface area contributed by atoms with Crippen molar-refractivity contribution in [2.45, 2.75) is 57.6 Å². The summed E-state index contributed by atoms with van der Waals surface area (Å²) in [6.07, 6.45) is 7.72. The molecular formula is C13H27NO2. The number of nitrogens with one attached hydrogen (secondary N) is 1. The van der Waals surface area contributed by atoms with Crippen molar-refractivity contribution >= 4 is 0 Å². The molecule has 3 nitrogen and oxygen atoms in total. The van der Waals surface area contributed by atoms with Crippen molar-refractivity contribution in [3.8, 4) is 0 Å². The number of hydrogen-bond donors (Lipinski definition) is 1. The van der Waals surface area contributed by atoms with Crippen LogP contribution in [0.2, 0.25) is 0 Å². The van der Waals surface area contributed by atoms with E-state index in [0.29, 0.717) is 6.10 Å². The monoisotopic (exact) mass is 229 g/mol. The Labute approximate surface area is 99.9 Å². The summed E-state index contributed by atoms with van der Waals surface area (Å²) in [7, 11) is 1.74. The predicted molar refractivity (Wildman–Crippen MR) is 66.8 cm³/mol. The van der Waals surface area contributed by atoms with Gasteiger partial charge in [-0.25, -0.2) is 0 Å². The van der Waals surface area contributed by atoms with E-state index in [4.69, 9.17) is 9.47 Å². The molecule has 1 saturated carbocycles. The predicted octanol–water partition coefficient (Wildman–Crippen LogP) is 2.35. The zero-order chi connectivity index (χ0) is 11.6. The zero-order valence-corrected chi connectivity index (χ0v) is 10.8. The molecule has 1 N–H and O–H groups in total. The Morgan fingerprint density at radius 2 is 1.88 bits per heavy atom. The van der Waals surface area contributed by atoms with Crippen LogP contribution in [0.15, 0.2) is 0 Å². The topological polar surface area (TPSA) is 30.5 Å². The number of methoxy groups -OCH3 is 1. The molecule has 1 aliphatic carbocycles. The molecule has 0 aromatic rings. The van der Waals surface area contributed by atoms with Crippen LogP contribution in [-0.4, -0.2) is 39.0 Å². The van der Waals surface area contributed by atoms with Crippen molar-refractivity contribution in [3.05, 3.63) is 0 Å². The van der Waals surface area contributed by atoms with Crippen LogP contribution in [0.1, 0.15) is 45.4 Å². The summed E-state index contributed by atoms with van der Waals surface area (Å²) in [5.74, 6) is 0. The van der Waals surface area contributed by atoms with Gasteiger partial charge in [-0.3, -0.25) is 0 Å². The van der Waals surface area contributed by atoms with Gasteiger partial charge in [0.15, 0.2) is 0 Å². The largest absolute Gasteiger partial charge is 0.385 e. The fourth-order valence-electron chi connectivity index (χ4n) is 2.24. The summed E-state index contributed by atoms with van der Waals surface area (Å²) in [6, 6.07) is 0.735. The highest BCUT2D eigenvalue weighted by atomic mass is 16.5. The summed E-state index contributed by atoms with van der Waals surface area (Å²) in [4.78, 5) is 0. The van der Waals surface area contributed by atoms with Crippen LogP contribution in [0.4, 0.5) is 0 Å². The third kappa shape index (κ3) is 5.83. The average molecular weight is 229 g/mol. The molecule has 0 radical (unpaired) electrons. The first-order valence-corrected chi connectivity index (χ1v) is 6.70. The second-order valence-electron chi connectivity index (χ2n) is 4.64. The quantitative estimate of drug-likeness (QED) is 0.648. The molecule has 1 rings (SSSR count). The highest BCUT2D eigenvalue weighted by Gasteiger charge is 2.20. The smallest absolute Gasteiger partial charge is 0.0576 e. The minimum atomic E-state index is 0.497. The zero-order valence-electron chi connectivity index (χ0n) is 10.8. The Kier molecular flexibility index (Phi) is 7.81. The number of rotatable bonds is 8. The lowest BCUT2D eigenvalue weighted by atomic mass is 9.93. The molecule has 96 valence electrons. The summed E-state index contributed by atoms with van der Waals surface area (Å²) < 4.78 is 10.8. The normalized spacial score (nSPS) is 25.9. The molecule has 0 aliphatic heterocycles. The van der Waals surface area contributed by atoms with Gasteiger partial charge in [0.2, 0.25) is 0 Å². The first kappa shape index (κ1) is 13.9. The van der Waals surface area contributed by atoms with Gasteiger partial charge in [0.25, 0.3) is 0 Å². The fraction of sp³-hybridized carbons (Fsp3) is 1.00. The highest BCUT2D eigenvalue weighted by molar-refractivity contribution is 4.77. The maximum Gasteiger partial charge on any atom is 0.0576 e. The van der Waals surface area contributed by atoms with Crippen molar-refractivity contribution in [2.24, 2.45) is 0 Å². The third-order valence-electron chi connectivity index (χ3n) is 3.20. The lowest BCUT2D eigenvalue weighted by Crippen LogP contribution is -2.35. The van der Waals surface area contributed by atoms with Crippen molar-refractivity contribution in [1.82, 2.24) is 5.32 Å². The van der Waals surface area contributed by atoms with Gasteiger partial charge in [-0.15, -0.1) is 0 Å². The van der Waals surface area contributed by atoms with E-state index in [1.165, 1.54) is 32.1 Å². The van der Waals surface area contributed by atoms with E-state index >= 15 is 0 Å². The van der Waals surface area contributed by atoms with Gasteiger partial charge in [-0.2, -0.15) is 0 Å². The Balaban J connectivity index is 1.98. The molecule has 0 aromatic carbocycles. The SMILES string of the molecule is CCCNC1CCC(OCCCOC)CC1. The molecule has 1 fully saturated rings. The molecule has 0 amide bonds. The lowest BCUT2D eigenvalue weighted by Gasteiger charge is -2.29. The molecule has 0 unspecified atom stereocenters. The summed E-state index contributed by atoms with van der Waals surface area (Å²) in [5, 5.41) is 3.59. The first-order chi connectivity index (χ1) is 7.86. The Hall–Kier alpha value is -0.120. The Morgan fingerprint density at radius 3 is 2.50 bits per heavy atom. The minimum absolute atomic E-state index is 0.497. The standard InChI is InChI=1S/C13H27NO2/c1-3-9-14-12-5-7-13(8-6-12)16-11-4-10-15-2/h12-14H,3-11H2,1-2H3. The van der Waals surface area contributed by atoms with E-state index in [1.807, 2.05) is 0 Å². The van der Waals surface area contributed by atoms with Crippen LogP contribution in [0.25, 0.3) is 0 Å². The van der Waals surface area contributed by atoms with Gasteiger partial charge in [-0.05, 0) is 45.1 Å². The Morgan fingerprint density at radius 1 is 1.12 bits per heavy atom. The van der Waals surface area contributed by atoms with Crippen LogP contribution < -0.4 is 5.32 Å². The summed E-state index contributed by atoms with van der Waals surface area (Å²) in [6.45, 7) is 5.04. The summed E-state index contributed by atoms with van der Waals surface area (Å²) in [5.41, 5.74) is 0. The first-order valence-electron chi connectivity index (χ1n) is 6.70. The van der Waals surface area contributed by atoms with Crippen molar-refractivity contribution in [1.29, 1.82) is 0 Å². The van der Waals surface area contributed by atoms with Gasteiger partial charge in [0, 0.05) is 26.4 Å². The average Bonchev–Trinajstić information content (AvgIpc) is 2.33. The van der Waals surface area contributed by atoms with E-state index in [1.54, 1.807) is 7.11 Å². The highest BCUT2D eigenvalue weighted by Crippen LogP contribution is 2.21. The van der Waals surface area contributed by atoms with E-state index in [2.05, 4.69) is 12.2 Å². The van der Waals surface area contributed by atoms with Gasteiger partial charge in [0.05, 0.1) is 6.10 Å². The third-order valence-corrected chi connectivity index (χ3v) is 3.20. The molecule has 0 heterocycles. The summed E-state index contributed by atoms with van der Waals surface area (Å²) >= 11 is 0. The maximum absolute atomic E-state index is 5.83.